The number of carbonyl (C=O) groups excluding carboxylic acids is 1. The van der Waals surface area contributed by atoms with Crippen molar-refractivity contribution in [2.24, 2.45) is 0 Å². The van der Waals surface area contributed by atoms with Crippen molar-refractivity contribution in [1.29, 1.82) is 0 Å². The molecule has 0 aliphatic carbocycles. The first-order chi connectivity index (χ1) is 7.17. The van der Waals surface area contributed by atoms with Gasteiger partial charge in [-0.05, 0) is 35.0 Å². The van der Waals surface area contributed by atoms with Crippen LogP contribution in [0.15, 0.2) is 22.7 Å². The molecule has 5 heteroatoms. The van der Waals surface area contributed by atoms with Crippen LogP contribution in [-0.4, -0.2) is 19.7 Å². The second-order valence-electron chi connectivity index (χ2n) is 2.83. The molecule has 0 aromatic heterocycles. The third-order valence-electron chi connectivity index (χ3n) is 1.75. The van der Waals surface area contributed by atoms with Gasteiger partial charge < -0.3 is 15.4 Å². The Hall–Kier alpha value is -1.23. The highest BCUT2D eigenvalue weighted by molar-refractivity contribution is 9.10. The fourth-order valence-electron chi connectivity index (χ4n) is 1.07. The molecular weight excluding hydrogens is 260 g/mol. The van der Waals surface area contributed by atoms with Gasteiger partial charge in [-0.3, -0.25) is 0 Å². The van der Waals surface area contributed by atoms with Crippen molar-refractivity contribution >= 4 is 27.6 Å². The predicted octanol–water partition coefficient (Wildman–Crippen LogP) is 2.60. The Morgan fingerprint density at radius 3 is 2.87 bits per heavy atom. The standard InChI is InChI=1S/C10H13BrN2O2/c1-3-12-10(14)13-7-4-5-8(11)9(6-7)15-2/h4-6H,3H2,1-2H3,(H2,12,13,14). The van der Waals surface area contributed by atoms with Crippen LogP contribution in [0.5, 0.6) is 5.75 Å². The van der Waals surface area contributed by atoms with Crippen LogP contribution in [0, 0.1) is 0 Å². The normalized spacial score (nSPS) is 9.53. The monoisotopic (exact) mass is 272 g/mol. The zero-order valence-electron chi connectivity index (χ0n) is 8.63. The highest BCUT2D eigenvalue weighted by atomic mass is 79.9. The van der Waals surface area contributed by atoms with Crippen LogP contribution in [0.1, 0.15) is 6.92 Å². The predicted molar refractivity (Wildman–Crippen MR) is 63.4 cm³/mol. The number of urea groups is 1. The summed E-state index contributed by atoms with van der Waals surface area (Å²) < 4.78 is 5.96. The van der Waals surface area contributed by atoms with Crippen LogP contribution < -0.4 is 15.4 Å². The number of rotatable bonds is 3. The molecule has 0 unspecified atom stereocenters. The molecule has 0 aliphatic heterocycles. The summed E-state index contributed by atoms with van der Waals surface area (Å²) >= 11 is 3.33. The molecule has 0 saturated heterocycles. The molecule has 2 amide bonds. The molecule has 0 fully saturated rings. The zero-order valence-corrected chi connectivity index (χ0v) is 10.2. The minimum atomic E-state index is -0.220. The fourth-order valence-corrected chi connectivity index (χ4v) is 1.48. The molecule has 0 spiro atoms. The van der Waals surface area contributed by atoms with Gasteiger partial charge in [0.05, 0.1) is 11.6 Å². The summed E-state index contributed by atoms with van der Waals surface area (Å²) in [5.41, 5.74) is 0.695. The third-order valence-corrected chi connectivity index (χ3v) is 2.40. The lowest BCUT2D eigenvalue weighted by Crippen LogP contribution is -2.28. The minimum Gasteiger partial charge on any atom is -0.495 e. The molecule has 1 rings (SSSR count). The van der Waals surface area contributed by atoms with E-state index in [1.807, 2.05) is 13.0 Å². The largest absolute Gasteiger partial charge is 0.495 e. The molecule has 1 aromatic rings. The van der Waals surface area contributed by atoms with Crippen molar-refractivity contribution in [3.8, 4) is 5.75 Å². The summed E-state index contributed by atoms with van der Waals surface area (Å²) in [4.78, 5) is 11.2. The molecule has 0 aliphatic rings. The van der Waals surface area contributed by atoms with Crippen LogP contribution in [0.4, 0.5) is 10.5 Å². The van der Waals surface area contributed by atoms with E-state index in [0.29, 0.717) is 18.0 Å². The number of benzene rings is 1. The van der Waals surface area contributed by atoms with E-state index < -0.39 is 0 Å². The highest BCUT2D eigenvalue weighted by Gasteiger charge is 2.03. The molecule has 2 N–H and O–H groups in total. The Balaban J connectivity index is 2.74. The Bertz CT molecular complexity index is 355. The van der Waals surface area contributed by atoms with Gasteiger partial charge >= 0.3 is 6.03 Å². The molecule has 82 valence electrons. The van der Waals surface area contributed by atoms with Crippen molar-refractivity contribution in [3.63, 3.8) is 0 Å². The van der Waals surface area contributed by atoms with E-state index in [1.54, 1.807) is 19.2 Å². The second-order valence-corrected chi connectivity index (χ2v) is 3.69. The number of anilines is 1. The first-order valence-corrected chi connectivity index (χ1v) is 5.35. The number of methoxy groups -OCH3 is 1. The Morgan fingerprint density at radius 2 is 2.27 bits per heavy atom. The quantitative estimate of drug-likeness (QED) is 0.889. The Morgan fingerprint density at radius 1 is 1.53 bits per heavy atom. The van der Waals surface area contributed by atoms with Crippen molar-refractivity contribution < 1.29 is 9.53 Å². The smallest absolute Gasteiger partial charge is 0.319 e. The zero-order chi connectivity index (χ0) is 11.3. The van der Waals surface area contributed by atoms with Crippen LogP contribution in [0.2, 0.25) is 0 Å². The lowest BCUT2D eigenvalue weighted by atomic mass is 10.3. The van der Waals surface area contributed by atoms with Gasteiger partial charge in [-0.25, -0.2) is 4.79 Å². The average molecular weight is 273 g/mol. The Kier molecular flexibility index (Phi) is 4.42. The molecule has 0 saturated carbocycles. The van der Waals surface area contributed by atoms with Crippen molar-refractivity contribution in [1.82, 2.24) is 5.32 Å². The van der Waals surface area contributed by atoms with E-state index in [0.717, 1.165) is 4.47 Å². The summed E-state index contributed by atoms with van der Waals surface area (Å²) in [5, 5.41) is 5.34. The maximum absolute atomic E-state index is 11.2. The number of hydrogen-bond acceptors (Lipinski definition) is 2. The topological polar surface area (TPSA) is 50.4 Å². The van der Waals surface area contributed by atoms with E-state index in [4.69, 9.17) is 4.74 Å². The fraction of sp³-hybridized carbons (Fsp3) is 0.300. The molecule has 0 radical (unpaired) electrons. The first-order valence-electron chi connectivity index (χ1n) is 4.55. The molecular formula is C10H13BrN2O2. The summed E-state index contributed by atoms with van der Waals surface area (Å²) in [7, 11) is 1.58. The molecule has 1 aromatic carbocycles. The number of halogens is 1. The summed E-state index contributed by atoms with van der Waals surface area (Å²) in [6, 6.07) is 5.14. The van der Waals surface area contributed by atoms with Crippen LogP contribution in [-0.2, 0) is 0 Å². The van der Waals surface area contributed by atoms with E-state index in [2.05, 4.69) is 26.6 Å². The van der Waals surface area contributed by atoms with Crippen molar-refractivity contribution in [2.45, 2.75) is 6.92 Å². The van der Waals surface area contributed by atoms with E-state index in [1.165, 1.54) is 0 Å². The second kappa shape index (κ2) is 5.60. The van der Waals surface area contributed by atoms with Crippen LogP contribution >= 0.6 is 15.9 Å². The maximum atomic E-state index is 11.2. The molecule has 0 bridgehead atoms. The van der Waals surface area contributed by atoms with Crippen molar-refractivity contribution in [2.75, 3.05) is 19.0 Å². The summed E-state index contributed by atoms with van der Waals surface area (Å²) in [6.45, 7) is 2.46. The summed E-state index contributed by atoms with van der Waals surface area (Å²) in [5.74, 6) is 0.685. The van der Waals surface area contributed by atoms with Gasteiger partial charge in [-0.15, -0.1) is 0 Å². The number of amides is 2. The van der Waals surface area contributed by atoms with Crippen molar-refractivity contribution in [3.05, 3.63) is 22.7 Å². The van der Waals surface area contributed by atoms with E-state index in [-0.39, 0.29) is 6.03 Å². The molecule has 0 atom stereocenters. The lowest BCUT2D eigenvalue weighted by molar-refractivity contribution is 0.252. The highest BCUT2D eigenvalue weighted by Crippen LogP contribution is 2.27. The SMILES string of the molecule is CCNC(=O)Nc1ccc(Br)c(OC)c1. The molecule has 0 heterocycles. The number of ether oxygens (including phenoxy) is 1. The molecule has 15 heavy (non-hydrogen) atoms. The number of hydrogen-bond donors (Lipinski definition) is 2. The molecule has 4 nitrogen and oxygen atoms in total. The minimum absolute atomic E-state index is 0.220. The number of carbonyl (C=O) groups is 1. The summed E-state index contributed by atoms with van der Waals surface area (Å²) in [6.07, 6.45) is 0. The van der Waals surface area contributed by atoms with E-state index >= 15 is 0 Å². The van der Waals surface area contributed by atoms with Crippen LogP contribution in [0.3, 0.4) is 0 Å². The van der Waals surface area contributed by atoms with Gasteiger partial charge in [0.2, 0.25) is 0 Å². The number of nitrogens with one attached hydrogen (secondary N) is 2. The Labute approximate surface area is 97.1 Å². The first kappa shape index (κ1) is 11.8. The van der Waals surface area contributed by atoms with Gasteiger partial charge in [0.1, 0.15) is 5.75 Å². The van der Waals surface area contributed by atoms with Gasteiger partial charge in [-0.1, -0.05) is 0 Å². The van der Waals surface area contributed by atoms with Crippen LogP contribution in [0.25, 0.3) is 0 Å². The van der Waals surface area contributed by atoms with Gasteiger partial charge in [0.15, 0.2) is 0 Å². The average Bonchev–Trinajstić information content (AvgIpc) is 2.21. The van der Waals surface area contributed by atoms with Gasteiger partial charge in [-0.2, -0.15) is 0 Å². The van der Waals surface area contributed by atoms with E-state index in [9.17, 15) is 4.79 Å². The maximum Gasteiger partial charge on any atom is 0.319 e. The van der Waals surface area contributed by atoms with Gasteiger partial charge in [0, 0.05) is 18.3 Å². The third kappa shape index (κ3) is 3.43. The lowest BCUT2D eigenvalue weighted by Gasteiger charge is -2.08. The van der Waals surface area contributed by atoms with Gasteiger partial charge in [0.25, 0.3) is 0 Å².